The summed E-state index contributed by atoms with van der Waals surface area (Å²) < 4.78 is 2.90. The van der Waals surface area contributed by atoms with E-state index in [1.807, 2.05) is 10.9 Å². The van der Waals surface area contributed by atoms with E-state index < -0.39 is 0 Å². The van der Waals surface area contributed by atoms with Gasteiger partial charge in [0.25, 0.3) is 0 Å². The van der Waals surface area contributed by atoms with E-state index in [-0.39, 0.29) is 11.0 Å². The number of hydrogen-bond acceptors (Lipinski definition) is 2. The smallest absolute Gasteiger partial charge is 0.128 e. The van der Waals surface area contributed by atoms with Crippen molar-refractivity contribution in [1.82, 2.24) is 9.78 Å². The van der Waals surface area contributed by atoms with Gasteiger partial charge in [0.15, 0.2) is 0 Å². The van der Waals surface area contributed by atoms with E-state index in [0.29, 0.717) is 0 Å². The molecule has 1 aromatic rings. The maximum absolute atomic E-state index is 10.7. The van der Waals surface area contributed by atoms with Gasteiger partial charge in [-0.2, -0.15) is 5.10 Å². The second-order valence-corrected chi connectivity index (χ2v) is 4.68. The van der Waals surface area contributed by atoms with Gasteiger partial charge in [0.1, 0.15) is 6.29 Å². The number of aldehydes is 1. The van der Waals surface area contributed by atoms with Crippen LogP contribution in [0.1, 0.15) is 12.8 Å². The predicted molar refractivity (Wildman–Crippen MR) is 45.6 cm³/mol. The molecular formula is C8H7BrN2O. The Morgan fingerprint density at radius 2 is 2.42 bits per heavy atom. The standard InChI is InChI=1S/C8H7BrN2O/c9-6-1-10-11(2-6)8-3-7(8,4-8)5-12/h1-2,5H,3-4H2. The lowest BCUT2D eigenvalue weighted by Gasteiger charge is -2.00. The molecule has 3 rings (SSSR count). The topological polar surface area (TPSA) is 34.9 Å². The Bertz CT molecular complexity index is 365. The van der Waals surface area contributed by atoms with E-state index in [1.165, 1.54) is 0 Å². The molecule has 3 nitrogen and oxygen atoms in total. The molecule has 0 N–H and O–H groups in total. The van der Waals surface area contributed by atoms with Crippen molar-refractivity contribution in [3.05, 3.63) is 16.9 Å². The molecule has 0 aromatic carbocycles. The van der Waals surface area contributed by atoms with E-state index in [2.05, 4.69) is 21.0 Å². The quantitative estimate of drug-likeness (QED) is 0.714. The van der Waals surface area contributed by atoms with Crippen molar-refractivity contribution < 1.29 is 4.79 Å². The van der Waals surface area contributed by atoms with Crippen LogP contribution in [0.4, 0.5) is 0 Å². The van der Waals surface area contributed by atoms with E-state index >= 15 is 0 Å². The predicted octanol–water partition coefficient (Wildman–Crippen LogP) is 1.33. The first-order chi connectivity index (χ1) is 5.72. The lowest BCUT2D eigenvalue weighted by atomic mass is 10.2. The summed E-state index contributed by atoms with van der Waals surface area (Å²) in [6.07, 6.45) is 6.76. The second kappa shape index (κ2) is 1.66. The fourth-order valence-electron chi connectivity index (χ4n) is 2.02. The first-order valence-corrected chi connectivity index (χ1v) is 4.69. The minimum absolute atomic E-state index is 0.0293. The summed E-state index contributed by atoms with van der Waals surface area (Å²) in [7, 11) is 0. The Balaban J connectivity index is 1.99. The van der Waals surface area contributed by atoms with Crippen LogP contribution >= 0.6 is 15.9 Å². The van der Waals surface area contributed by atoms with Crippen molar-refractivity contribution in [2.75, 3.05) is 0 Å². The molecule has 0 bridgehead atoms. The highest BCUT2D eigenvalue weighted by molar-refractivity contribution is 9.10. The van der Waals surface area contributed by atoms with Crippen molar-refractivity contribution in [3.63, 3.8) is 0 Å². The minimum atomic E-state index is -0.0293. The van der Waals surface area contributed by atoms with Crippen LogP contribution in [-0.4, -0.2) is 16.1 Å². The summed E-state index contributed by atoms with van der Waals surface area (Å²) >= 11 is 3.34. The lowest BCUT2D eigenvalue weighted by Crippen LogP contribution is -2.06. The van der Waals surface area contributed by atoms with Gasteiger partial charge in [-0.15, -0.1) is 0 Å². The number of halogens is 1. The SMILES string of the molecule is O=CC12CC1(n1cc(Br)cn1)C2. The molecule has 0 aliphatic heterocycles. The Hall–Kier alpha value is -0.640. The number of aromatic nitrogens is 2. The monoisotopic (exact) mass is 226 g/mol. The van der Waals surface area contributed by atoms with Crippen LogP contribution in [0.5, 0.6) is 0 Å². The van der Waals surface area contributed by atoms with Crippen LogP contribution in [-0.2, 0) is 10.3 Å². The van der Waals surface area contributed by atoms with Crippen LogP contribution in [0.25, 0.3) is 0 Å². The molecule has 0 spiro atoms. The Kier molecular flexibility index (Phi) is 0.947. The third-order valence-electron chi connectivity index (χ3n) is 3.11. The molecule has 4 heteroatoms. The maximum Gasteiger partial charge on any atom is 0.128 e. The highest BCUT2D eigenvalue weighted by atomic mass is 79.9. The average Bonchev–Trinajstić information content (AvgIpc) is 2.78. The number of fused-ring (bicyclic) bond motifs is 1. The third kappa shape index (κ3) is 0.554. The average molecular weight is 227 g/mol. The molecular weight excluding hydrogens is 220 g/mol. The largest absolute Gasteiger partial charge is 0.303 e. The number of hydrogen-bond donors (Lipinski definition) is 0. The Morgan fingerprint density at radius 1 is 1.67 bits per heavy atom. The fraction of sp³-hybridized carbons (Fsp3) is 0.500. The lowest BCUT2D eigenvalue weighted by molar-refractivity contribution is -0.110. The van der Waals surface area contributed by atoms with Crippen molar-refractivity contribution in [1.29, 1.82) is 0 Å². The molecule has 0 atom stereocenters. The van der Waals surface area contributed by atoms with Crippen molar-refractivity contribution in [2.45, 2.75) is 18.4 Å². The van der Waals surface area contributed by atoms with Gasteiger partial charge in [-0.05, 0) is 28.8 Å². The van der Waals surface area contributed by atoms with Crippen molar-refractivity contribution in [2.24, 2.45) is 5.41 Å². The molecule has 2 saturated carbocycles. The summed E-state index contributed by atoms with van der Waals surface area (Å²) in [5.74, 6) is 0. The van der Waals surface area contributed by atoms with Gasteiger partial charge in [0.05, 0.1) is 21.6 Å². The van der Waals surface area contributed by atoms with Crippen LogP contribution in [0.15, 0.2) is 16.9 Å². The zero-order chi connectivity index (χ0) is 8.40. The summed E-state index contributed by atoms with van der Waals surface area (Å²) in [6, 6.07) is 0. The molecule has 0 amide bonds. The summed E-state index contributed by atoms with van der Waals surface area (Å²) in [4.78, 5) is 10.7. The maximum atomic E-state index is 10.7. The van der Waals surface area contributed by atoms with Crippen LogP contribution in [0.2, 0.25) is 0 Å². The second-order valence-electron chi connectivity index (χ2n) is 3.76. The van der Waals surface area contributed by atoms with Gasteiger partial charge < -0.3 is 4.79 Å². The number of nitrogens with zero attached hydrogens (tertiary/aromatic N) is 2. The first kappa shape index (κ1) is 6.83. The first-order valence-electron chi connectivity index (χ1n) is 3.89. The van der Waals surface area contributed by atoms with E-state index in [4.69, 9.17) is 0 Å². The van der Waals surface area contributed by atoms with Crippen LogP contribution < -0.4 is 0 Å². The third-order valence-corrected chi connectivity index (χ3v) is 3.52. The van der Waals surface area contributed by atoms with Crippen LogP contribution in [0, 0.1) is 5.41 Å². The zero-order valence-electron chi connectivity index (χ0n) is 6.33. The van der Waals surface area contributed by atoms with E-state index in [1.54, 1.807) is 6.20 Å². The number of carbonyl (C=O) groups is 1. The molecule has 2 aliphatic rings. The minimum Gasteiger partial charge on any atom is -0.303 e. The van der Waals surface area contributed by atoms with Crippen molar-refractivity contribution in [3.8, 4) is 0 Å². The van der Waals surface area contributed by atoms with Crippen molar-refractivity contribution >= 4 is 22.2 Å². The Labute approximate surface area is 77.9 Å². The number of rotatable bonds is 2. The van der Waals surface area contributed by atoms with Gasteiger partial charge in [-0.1, -0.05) is 0 Å². The van der Waals surface area contributed by atoms with E-state index in [0.717, 1.165) is 23.6 Å². The van der Waals surface area contributed by atoms with Gasteiger partial charge >= 0.3 is 0 Å². The molecule has 12 heavy (non-hydrogen) atoms. The molecule has 1 aromatic heterocycles. The summed E-state index contributed by atoms with van der Waals surface area (Å²) in [5.41, 5.74) is 0.0548. The molecule has 1 heterocycles. The molecule has 0 saturated heterocycles. The Morgan fingerprint density at radius 3 is 2.83 bits per heavy atom. The highest BCUT2D eigenvalue weighted by Gasteiger charge is 2.85. The highest BCUT2D eigenvalue weighted by Crippen LogP contribution is 2.82. The molecule has 0 unspecified atom stereocenters. The molecule has 0 radical (unpaired) electrons. The fourth-order valence-corrected chi connectivity index (χ4v) is 2.31. The number of carbonyl (C=O) groups excluding carboxylic acids is 1. The van der Waals surface area contributed by atoms with Gasteiger partial charge in [-0.25, -0.2) is 0 Å². The molecule has 62 valence electrons. The summed E-state index contributed by atoms with van der Waals surface area (Å²) in [5, 5.41) is 4.20. The molecule has 2 fully saturated rings. The molecule has 2 aliphatic carbocycles. The summed E-state index contributed by atoms with van der Waals surface area (Å²) in [6.45, 7) is 0. The van der Waals surface area contributed by atoms with Crippen LogP contribution in [0.3, 0.4) is 0 Å². The van der Waals surface area contributed by atoms with Gasteiger partial charge in [-0.3, -0.25) is 4.68 Å². The van der Waals surface area contributed by atoms with E-state index in [9.17, 15) is 4.79 Å². The van der Waals surface area contributed by atoms with Gasteiger partial charge in [0.2, 0.25) is 0 Å². The normalized spacial score (nSPS) is 42.1. The van der Waals surface area contributed by atoms with Gasteiger partial charge in [0, 0.05) is 6.20 Å². The zero-order valence-corrected chi connectivity index (χ0v) is 7.91.